The summed E-state index contributed by atoms with van der Waals surface area (Å²) in [5.74, 6) is -3.46. The van der Waals surface area contributed by atoms with E-state index in [2.05, 4.69) is 0 Å². The highest BCUT2D eigenvalue weighted by Crippen LogP contribution is 2.45. The Morgan fingerprint density at radius 2 is 1.48 bits per heavy atom. The van der Waals surface area contributed by atoms with Crippen molar-refractivity contribution in [2.45, 2.75) is 75.3 Å². The van der Waals surface area contributed by atoms with Crippen molar-refractivity contribution >= 4 is 23.5 Å². The first-order chi connectivity index (χ1) is 12.1. The van der Waals surface area contributed by atoms with E-state index < -0.39 is 65.1 Å². The number of aliphatic hydroxyl groups excluding tert-OH is 4. The molecule has 1 saturated heterocycles. The lowest BCUT2D eigenvalue weighted by atomic mass is 9.71. The summed E-state index contributed by atoms with van der Waals surface area (Å²) in [7, 11) is 0. The molecular formula is C16H27ClO10. The first kappa shape index (κ1) is 24.0. The van der Waals surface area contributed by atoms with E-state index in [4.69, 9.17) is 21.1 Å². The maximum absolute atomic E-state index is 11.5. The van der Waals surface area contributed by atoms with E-state index in [0.717, 1.165) is 0 Å². The van der Waals surface area contributed by atoms with Crippen LogP contribution < -0.4 is 0 Å². The van der Waals surface area contributed by atoms with E-state index in [1.54, 1.807) is 0 Å². The van der Waals surface area contributed by atoms with E-state index >= 15 is 0 Å². The summed E-state index contributed by atoms with van der Waals surface area (Å²) in [6.45, 7) is 5.05. The number of aliphatic carboxylic acids is 2. The number of carboxylic acid groups (broad SMARTS) is 2. The van der Waals surface area contributed by atoms with Gasteiger partial charge in [0.15, 0.2) is 6.29 Å². The molecule has 11 heteroatoms. The number of halogens is 1. The van der Waals surface area contributed by atoms with Gasteiger partial charge in [0.2, 0.25) is 4.87 Å². The van der Waals surface area contributed by atoms with Crippen LogP contribution in [0.15, 0.2) is 0 Å². The predicted octanol–water partition coefficient (Wildman–Crippen LogP) is -0.855. The Balaban J connectivity index is 3.03. The second-order valence-electron chi connectivity index (χ2n) is 7.90. The molecule has 27 heavy (non-hydrogen) atoms. The molecule has 0 aliphatic carbocycles. The zero-order chi connectivity index (χ0) is 21.4. The largest absolute Gasteiger partial charge is 0.479 e. The van der Waals surface area contributed by atoms with Gasteiger partial charge in [-0.05, 0) is 20.3 Å². The maximum Gasteiger partial charge on any atom is 0.337 e. The summed E-state index contributed by atoms with van der Waals surface area (Å²) >= 11 is 5.92. The molecule has 0 radical (unpaired) electrons. The number of alkyl halides is 1. The van der Waals surface area contributed by atoms with Crippen molar-refractivity contribution in [2.75, 3.05) is 6.61 Å². The number of hydrogen-bond acceptors (Lipinski definition) is 8. The van der Waals surface area contributed by atoms with Gasteiger partial charge in [0.25, 0.3) is 0 Å². The minimum Gasteiger partial charge on any atom is -0.479 e. The quantitative estimate of drug-likeness (QED) is 0.216. The summed E-state index contributed by atoms with van der Waals surface area (Å²) in [4.78, 5) is 20.3. The van der Waals surface area contributed by atoms with Gasteiger partial charge < -0.3 is 40.1 Å². The zero-order valence-electron chi connectivity index (χ0n) is 15.5. The van der Waals surface area contributed by atoms with E-state index in [-0.39, 0.29) is 6.42 Å². The second kappa shape index (κ2) is 8.16. The fourth-order valence-corrected chi connectivity index (χ4v) is 3.44. The Bertz CT molecular complexity index is 547. The monoisotopic (exact) mass is 414 g/mol. The van der Waals surface area contributed by atoms with Crippen molar-refractivity contribution in [3.63, 3.8) is 0 Å². The molecule has 1 heterocycles. The van der Waals surface area contributed by atoms with Crippen LogP contribution in [0.5, 0.6) is 0 Å². The highest BCUT2D eigenvalue weighted by atomic mass is 35.5. The van der Waals surface area contributed by atoms with E-state index in [1.807, 2.05) is 0 Å². The molecule has 6 N–H and O–H groups in total. The van der Waals surface area contributed by atoms with Crippen LogP contribution in [0.4, 0.5) is 0 Å². The molecule has 5 unspecified atom stereocenters. The smallest absolute Gasteiger partial charge is 0.337 e. The Morgan fingerprint density at radius 1 is 1.00 bits per heavy atom. The average molecular weight is 415 g/mol. The second-order valence-corrected chi connectivity index (χ2v) is 8.47. The molecule has 10 nitrogen and oxygen atoms in total. The van der Waals surface area contributed by atoms with Crippen LogP contribution in [-0.2, 0) is 19.1 Å². The number of aliphatic hydroxyl groups is 4. The van der Waals surface area contributed by atoms with Gasteiger partial charge in [-0.3, -0.25) is 0 Å². The number of carbonyl (C=O) groups is 2. The summed E-state index contributed by atoms with van der Waals surface area (Å²) in [5, 5.41) is 57.5. The number of carboxylic acids is 2. The van der Waals surface area contributed by atoms with Crippen molar-refractivity contribution in [2.24, 2.45) is 5.41 Å². The third-order valence-corrected chi connectivity index (χ3v) is 5.51. The average Bonchev–Trinajstić information content (AvgIpc) is 2.52. The minimum absolute atomic E-state index is 0.183. The predicted molar refractivity (Wildman–Crippen MR) is 91.2 cm³/mol. The maximum atomic E-state index is 11.5. The summed E-state index contributed by atoms with van der Waals surface area (Å²) < 4.78 is 10.9. The number of rotatable bonds is 8. The Morgan fingerprint density at radius 3 is 1.89 bits per heavy atom. The number of hydrogen-bond donors (Lipinski definition) is 6. The van der Waals surface area contributed by atoms with Gasteiger partial charge in [-0.2, -0.15) is 0 Å². The summed E-state index contributed by atoms with van der Waals surface area (Å²) in [5.41, 5.74) is -2.77. The lowest BCUT2D eigenvalue weighted by molar-refractivity contribution is -0.325. The molecule has 0 aromatic carbocycles. The fraction of sp³-hybridized carbons (Fsp3) is 0.875. The van der Waals surface area contributed by atoms with Crippen LogP contribution in [0.2, 0.25) is 0 Å². The molecule has 1 aliphatic rings. The third-order valence-electron chi connectivity index (χ3n) is 4.67. The molecule has 0 bridgehead atoms. The number of ether oxygens (including phenoxy) is 2. The highest BCUT2D eigenvalue weighted by molar-refractivity contribution is 6.44. The Hall–Kier alpha value is -1.01. The Labute approximate surface area is 161 Å². The summed E-state index contributed by atoms with van der Waals surface area (Å²) in [6, 6.07) is 0. The van der Waals surface area contributed by atoms with Gasteiger partial charge in [0, 0.05) is 5.41 Å². The first-order valence-electron chi connectivity index (χ1n) is 8.25. The van der Waals surface area contributed by atoms with Crippen LogP contribution in [-0.4, -0.2) is 90.4 Å². The molecule has 0 spiro atoms. The van der Waals surface area contributed by atoms with Crippen LogP contribution >= 0.6 is 11.6 Å². The topological polar surface area (TPSA) is 174 Å². The summed E-state index contributed by atoms with van der Waals surface area (Å²) in [6.07, 6.45) is -7.66. The third kappa shape index (κ3) is 4.70. The molecule has 1 aliphatic heterocycles. The van der Waals surface area contributed by atoms with E-state index in [1.165, 1.54) is 27.7 Å². The molecular weight excluding hydrogens is 388 g/mol. The van der Waals surface area contributed by atoms with Gasteiger partial charge in [0.05, 0.1) is 12.2 Å². The van der Waals surface area contributed by atoms with Gasteiger partial charge in [0.1, 0.15) is 24.4 Å². The molecule has 1 rings (SSSR count). The van der Waals surface area contributed by atoms with Crippen molar-refractivity contribution in [1.29, 1.82) is 0 Å². The van der Waals surface area contributed by atoms with Gasteiger partial charge in [-0.1, -0.05) is 25.4 Å². The van der Waals surface area contributed by atoms with Crippen molar-refractivity contribution in [3.05, 3.63) is 0 Å². The zero-order valence-corrected chi connectivity index (χ0v) is 16.3. The molecule has 5 atom stereocenters. The van der Waals surface area contributed by atoms with E-state index in [0.29, 0.717) is 0 Å². The molecule has 0 aromatic rings. The highest BCUT2D eigenvalue weighted by Gasteiger charge is 2.59. The van der Waals surface area contributed by atoms with Gasteiger partial charge in [-0.15, -0.1) is 0 Å². The van der Waals surface area contributed by atoms with Crippen LogP contribution in [0.3, 0.4) is 0 Å². The van der Waals surface area contributed by atoms with Crippen molar-refractivity contribution in [1.82, 2.24) is 0 Å². The lowest BCUT2D eigenvalue weighted by Gasteiger charge is -2.45. The van der Waals surface area contributed by atoms with Crippen LogP contribution in [0.25, 0.3) is 0 Å². The van der Waals surface area contributed by atoms with Crippen LogP contribution in [0, 0.1) is 5.41 Å². The van der Waals surface area contributed by atoms with E-state index in [9.17, 15) is 40.2 Å². The van der Waals surface area contributed by atoms with Crippen molar-refractivity contribution < 1.29 is 49.7 Å². The van der Waals surface area contributed by atoms with Gasteiger partial charge in [-0.25, -0.2) is 9.59 Å². The lowest BCUT2D eigenvalue weighted by Crippen LogP contribution is -2.61. The first-order valence-corrected chi connectivity index (χ1v) is 8.62. The molecule has 0 saturated carbocycles. The molecule has 158 valence electrons. The molecule has 0 amide bonds. The standard InChI is InChI=1S/C16H27ClO10/c1-14(2,16(17,12(22)23)13(24)25)6-15(3,4)27-11-10(21)9(20)8(19)7(5-18)26-11/h7-11,18-21H,5-6H2,1-4H3,(H,22,23)(H,24,25). The molecule has 0 aromatic heterocycles. The SMILES string of the molecule is CC(C)(CC(C)(C)C(Cl)(C(=O)O)C(=O)O)OC1OC(CO)C(O)C(O)C1O. The Kier molecular flexibility index (Phi) is 7.26. The fourth-order valence-electron chi connectivity index (χ4n) is 3.38. The van der Waals surface area contributed by atoms with Crippen LogP contribution in [0.1, 0.15) is 34.1 Å². The minimum atomic E-state index is -2.64. The normalized spacial score (nSPS) is 30.2. The van der Waals surface area contributed by atoms with Crippen molar-refractivity contribution in [3.8, 4) is 0 Å². The van der Waals surface area contributed by atoms with Gasteiger partial charge >= 0.3 is 11.9 Å². The molecule has 1 fully saturated rings.